The van der Waals surface area contributed by atoms with Crippen LogP contribution in [0.3, 0.4) is 0 Å². The molecule has 106 valence electrons. The topological polar surface area (TPSA) is 29.5 Å². The molecule has 0 aromatic heterocycles. The Morgan fingerprint density at radius 1 is 1.37 bits per heavy atom. The highest BCUT2D eigenvalue weighted by Gasteiger charge is 2.29. The van der Waals surface area contributed by atoms with Crippen molar-refractivity contribution in [2.75, 3.05) is 26.1 Å². The number of nitrogens with zero attached hydrogens (tertiary/aromatic N) is 1. The van der Waals surface area contributed by atoms with Crippen LogP contribution in [0.25, 0.3) is 0 Å². The first-order chi connectivity index (χ1) is 8.86. The average Bonchev–Trinajstić information content (AvgIpc) is 2.40. The Kier molecular flexibility index (Phi) is 5.60. The second-order valence-electron chi connectivity index (χ2n) is 5.05. The van der Waals surface area contributed by atoms with Gasteiger partial charge in [-0.3, -0.25) is 4.79 Å². The van der Waals surface area contributed by atoms with Crippen molar-refractivity contribution < 1.29 is 13.9 Å². The third-order valence-electron chi connectivity index (χ3n) is 2.77. The van der Waals surface area contributed by atoms with Crippen molar-refractivity contribution in [1.29, 1.82) is 0 Å². The first-order valence-corrected chi connectivity index (χ1v) is 6.60. The summed E-state index contributed by atoms with van der Waals surface area (Å²) in [5.41, 5.74) is -0.577. The van der Waals surface area contributed by atoms with Gasteiger partial charge in [-0.25, -0.2) is 4.39 Å². The van der Waals surface area contributed by atoms with Crippen LogP contribution in [0.15, 0.2) is 24.3 Å². The van der Waals surface area contributed by atoms with E-state index in [2.05, 4.69) is 0 Å². The SMILES string of the molecule is CN(CCOc1ccc(F)cc1)C(=O)C(C)(C)CCl. The lowest BCUT2D eigenvalue weighted by Gasteiger charge is -2.27. The van der Waals surface area contributed by atoms with Gasteiger partial charge in [0.2, 0.25) is 5.91 Å². The highest BCUT2D eigenvalue weighted by molar-refractivity contribution is 6.19. The summed E-state index contributed by atoms with van der Waals surface area (Å²) < 4.78 is 18.1. The highest BCUT2D eigenvalue weighted by atomic mass is 35.5. The van der Waals surface area contributed by atoms with Crippen LogP contribution in [-0.2, 0) is 4.79 Å². The molecule has 1 aromatic rings. The van der Waals surface area contributed by atoms with Gasteiger partial charge >= 0.3 is 0 Å². The number of carbonyl (C=O) groups excluding carboxylic acids is 1. The smallest absolute Gasteiger partial charge is 0.229 e. The molecule has 0 aliphatic heterocycles. The molecule has 0 N–H and O–H groups in total. The normalized spacial score (nSPS) is 11.2. The second-order valence-corrected chi connectivity index (χ2v) is 5.31. The van der Waals surface area contributed by atoms with Gasteiger partial charge in [-0.2, -0.15) is 0 Å². The minimum absolute atomic E-state index is 0.0230. The van der Waals surface area contributed by atoms with Crippen LogP contribution >= 0.6 is 11.6 Å². The van der Waals surface area contributed by atoms with Crippen molar-refractivity contribution in [3.05, 3.63) is 30.1 Å². The lowest BCUT2D eigenvalue weighted by Crippen LogP contribution is -2.41. The van der Waals surface area contributed by atoms with Gasteiger partial charge < -0.3 is 9.64 Å². The first-order valence-electron chi connectivity index (χ1n) is 6.07. The maximum absolute atomic E-state index is 12.7. The molecule has 0 saturated heterocycles. The Balaban J connectivity index is 2.40. The van der Waals surface area contributed by atoms with Gasteiger partial charge in [0.1, 0.15) is 18.2 Å². The number of hydrogen-bond acceptors (Lipinski definition) is 2. The van der Waals surface area contributed by atoms with Crippen LogP contribution in [0.4, 0.5) is 4.39 Å². The van der Waals surface area contributed by atoms with E-state index in [1.54, 1.807) is 37.9 Å². The van der Waals surface area contributed by atoms with E-state index in [1.807, 2.05) is 0 Å². The molecule has 0 bridgehead atoms. The third-order valence-corrected chi connectivity index (χ3v) is 3.44. The van der Waals surface area contributed by atoms with Crippen LogP contribution in [-0.4, -0.2) is 36.9 Å². The maximum Gasteiger partial charge on any atom is 0.229 e. The summed E-state index contributed by atoms with van der Waals surface area (Å²) in [6.07, 6.45) is 0. The summed E-state index contributed by atoms with van der Waals surface area (Å²) in [5, 5.41) is 0. The third kappa shape index (κ3) is 4.71. The van der Waals surface area contributed by atoms with Crippen molar-refractivity contribution in [1.82, 2.24) is 4.90 Å². The lowest BCUT2D eigenvalue weighted by atomic mass is 9.94. The summed E-state index contributed by atoms with van der Waals surface area (Å²) in [5.74, 6) is 0.530. The zero-order valence-electron chi connectivity index (χ0n) is 11.5. The fraction of sp³-hybridized carbons (Fsp3) is 0.500. The molecule has 5 heteroatoms. The lowest BCUT2D eigenvalue weighted by molar-refractivity contribution is -0.138. The molecule has 0 saturated carbocycles. The van der Waals surface area contributed by atoms with Crippen LogP contribution in [0.5, 0.6) is 5.75 Å². The van der Waals surface area contributed by atoms with Crippen LogP contribution in [0, 0.1) is 11.2 Å². The van der Waals surface area contributed by atoms with Gasteiger partial charge in [0.25, 0.3) is 0 Å². The van der Waals surface area contributed by atoms with E-state index in [0.717, 1.165) is 0 Å². The van der Waals surface area contributed by atoms with Gasteiger partial charge in [0.05, 0.1) is 12.0 Å². The van der Waals surface area contributed by atoms with Crippen LogP contribution in [0.2, 0.25) is 0 Å². The van der Waals surface area contributed by atoms with E-state index in [4.69, 9.17) is 16.3 Å². The Morgan fingerprint density at radius 3 is 2.47 bits per heavy atom. The number of amides is 1. The van der Waals surface area contributed by atoms with Gasteiger partial charge in [0.15, 0.2) is 0 Å². The predicted molar refractivity (Wildman–Crippen MR) is 74.0 cm³/mol. The number of rotatable bonds is 6. The van der Waals surface area contributed by atoms with Crippen molar-refractivity contribution in [2.45, 2.75) is 13.8 Å². The number of halogens is 2. The molecule has 0 aliphatic carbocycles. The minimum atomic E-state index is -0.577. The Bertz CT molecular complexity index is 420. The minimum Gasteiger partial charge on any atom is -0.492 e. The van der Waals surface area contributed by atoms with E-state index in [-0.39, 0.29) is 17.6 Å². The van der Waals surface area contributed by atoms with Gasteiger partial charge in [-0.15, -0.1) is 11.6 Å². The molecule has 0 unspecified atom stereocenters. The zero-order chi connectivity index (χ0) is 14.5. The van der Waals surface area contributed by atoms with Gasteiger partial charge in [0, 0.05) is 12.9 Å². The fourth-order valence-corrected chi connectivity index (χ4v) is 1.62. The molecule has 0 atom stereocenters. The molecule has 0 heterocycles. The summed E-state index contributed by atoms with van der Waals surface area (Å²) in [6, 6.07) is 5.78. The van der Waals surface area contributed by atoms with E-state index in [0.29, 0.717) is 18.9 Å². The summed E-state index contributed by atoms with van der Waals surface area (Å²) in [6.45, 7) is 4.42. The van der Waals surface area contributed by atoms with Gasteiger partial charge in [-0.1, -0.05) is 0 Å². The maximum atomic E-state index is 12.7. The fourth-order valence-electron chi connectivity index (χ4n) is 1.51. The second kappa shape index (κ2) is 6.75. The zero-order valence-corrected chi connectivity index (χ0v) is 12.2. The van der Waals surface area contributed by atoms with Crippen molar-refractivity contribution >= 4 is 17.5 Å². The number of benzene rings is 1. The monoisotopic (exact) mass is 287 g/mol. The van der Waals surface area contributed by atoms with E-state index in [1.165, 1.54) is 12.1 Å². The number of carbonyl (C=O) groups is 1. The molecule has 0 fully saturated rings. The molecule has 3 nitrogen and oxygen atoms in total. The molecule has 0 radical (unpaired) electrons. The summed E-state index contributed by atoms with van der Waals surface area (Å²) in [7, 11) is 1.71. The number of hydrogen-bond donors (Lipinski definition) is 0. The molecular weight excluding hydrogens is 269 g/mol. The predicted octanol–water partition coefficient (Wildman–Crippen LogP) is 2.93. The Hall–Kier alpha value is -1.29. The average molecular weight is 288 g/mol. The van der Waals surface area contributed by atoms with Gasteiger partial charge in [-0.05, 0) is 38.1 Å². The Labute approximate surface area is 118 Å². The standard InChI is InChI=1S/C14H19ClFNO2/c1-14(2,10-15)13(18)17(3)8-9-19-12-6-4-11(16)5-7-12/h4-7H,8-10H2,1-3H3. The van der Waals surface area contributed by atoms with E-state index >= 15 is 0 Å². The number of likely N-dealkylation sites (N-methyl/N-ethyl adjacent to an activating group) is 1. The molecule has 1 amide bonds. The highest BCUT2D eigenvalue weighted by Crippen LogP contribution is 2.19. The molecular formula is C14H19ClFNO2. The quantitative estimate of drug-likeness (QED) is 0.753. The molecule has 19 heavy (non-hydrogen) atoms. The first kappa shape index (κ1) is 15.8. The van der Waals surface area contributed by atoms with Crippen LogP contribution < -0.4 is 4.74 Å². The Morgan fingerprint density at radius 2 is 1.95 bits per heavy atom. The summed E-state index contributed by atoms with van der Waals surface area (Å²) in [4.78, 5) is 13.6. The van der Waals surface area contributed by atoms with Crippen molar-refractivity contribution in [3.63, 3.8) is 0 Å². The summed E-state index contributed by atoms with van der Waals surface area (Å²) >= 11 is 5.76. The molecule has 0 spiro atoms. The molecule has 1 aromatic carbocycles. The molecule has 0 aliphatic rings. The largest absolute Gasteiger partial charge is 0.492 e. The number of alkyl halides is 1. The van der Waals surface area contributed by atoms with Crippen molar-refractivity contribution in [2.24, 2.45) is 5.41 Å². The van der Waals surface area contributed by atoms with E-state index in [9.17, 15) is 9.18 Å². The molecule has 1 rings (SSSR count). The van der Waals surface area contributed by atoms with Crippen LogP contribution in [0.1, 0.15) is 13.8 Å². The van der Waals surface area contributed by atoms with Crippen molar-refractivity contribution in [3.8, 4) is 5.75 Å². The van der Waals surface area contributed by atoms with E-state index < -0.39 is 5.41 Å². The number of ether oxygens (including phenoxy) is 1.